The van der Waals surface area contributed by atoms with Crippen LogP contribution in [-0.2, 0) is 14.3 Å². The Hall–Kier alpha value is -0.910. The third-order valence-electron chi connectivity index (χ3n) is 3.32. The maximum atomic E-state index is 11.7. The van der Waals surface area contributed by atoms with Crippen LogP contribution in [0, 0.1) is 5.92 Å². The van der Waals surface area contributed by atoms with Crippen LogP contribution in [0.25, 0.3) is 0 Å². The number of carbonyl (C=O) groups is 1. The summed E-state index contributed by atoms with van der Waals surface area (Å²) in [5.74, 6) is -1.26. The van der Waals surface area contributed by atoms with Crippen LogP contribution in [-0.4, -0.2) is 46.7 Å². The molecule has 0 unspecified atom stereocenters. The second-order valence-corrected chi connectivity index (χ2v) is 4.66. The Morgan fingerprint density at radius 3 is 2.71 bits per heavy atom. The standard InChI is InChI=1S/C12H18O5/c1-3-4-7-10(13)11(14)9-8(17-7)5-6(2)16-12(9)15/h3-4,6-11,13-14H,5H2,1-2H3/b4-3+/t6-,7-,8+,9-,10-,11-/m1/s1. The van der Waals surface area contributed by atoms with Gasteiger partial charge in [0.05, 0.1) is 12.2 Å². The van der Waals surface area contributed by atoms with E-state index in [1.54, 1.807) is 19.1 Å². The van der Waals surface area contributed by atoms with E-state index in [4.69, 9.17) is 9.47 Å². The fraction of sp³-hybridized carbons (Fsp3) is 0.750. The van der Waals surface area contributed by atoms with Gasteiger partial charge in [-0.05, 0) is 13.8 Å². The molecular weight excluding hydrogens is 224 g/mol. The van der Waals surface area contributed by atoms with Crippen molar-refractivity contribution >= 4 is 5.97 Å². The lowest BCUT2D eigenvalue weighted by molar-refractivity contribution is -0.224. The number of aliphatic hydroxyl groups is 2. The average molecular weight is 242 g/mol. The molecular formula is C12H18O5. The quantitative estimate of drug-likeness (QED) is 0.500. The van der Waals surface area contributed by atoms with Crippen LogP contribution in [0.2, 0.25) is 0 Å². The zero-order chi connectivity index (χ0) is 12.6. The van der Waals surface area contributed by atoms with Gasteiger partial charge < -0.3 is 19.7 Å². The number of cyclic esters (lactones) is 1. The summed E-state index contributed by atoms with van der Waals surface area (Å²) >= 11 is 0. The highest BCUT2D eigenvalue weighted by atomic mass is 16.6. The summed E-state index contributed by atoms with van der Waals surface area (Å²) < 4.78 is 10.7. The molecule has 0 aromatic heterocycles. The van der Waals surface area contributed by atoms with Crippen molar-refractivity contribution in [2.45, 2.75) is 50.8 Å². The van der Waals surface area contributed by atoms with E-state index in [1.165, 1.54) is 0 Å². The zero-order valence-electron chi connectivity index (χ0n) is 9.95. The fourth-order valence-corrected chi connectivity index (χ4v) is 2.49. The molecule has 2 heterocycles. The molecule has 0 saturated carbocycles. The summed E-state index contributed by atoms with van der Waals surface area (Å²) in [4.78, 5) is 11.7. The zero-order valence-corrected chi connectivity index (χ0v) is 9.95. The lowest BCUT2D eigenvalue weighted by Crippen LogP contribution is -2.59. The number of fused-ring (bicyclic) bond motifs is 1. The molecule has 0 aromatic carbocycles. The number of hydrogen-bond donors (Lipinski definition) is 2. The van der Waals surface area contributed by atoms with Gasteiger partial charge in [-0.3, -0.25) is 4.79 Å². The highest BCUT2D eigenvalue weighted by Crippen LogP contribution is 2.34. The largest absolute Gasteiger partial charge is 0.462 e. The Kier molecular flexibility index (Phi) is 3.51. The van der Waals surface area contributed by atoms with Gasteiger partial charge in [-0.15, -0.1) is 0 Å². The van der Waals surface area contributed by atoms with E-state index in [1.807, 2.05) is 6.92 Å². The Morgan fingerprint density at radius 1 is 1.35 bits per heavy atom. The summed E-state index contributed by atoms with van der Waals surface area (Å²) in [6.07, 6.45) is 0.620. The number of allylic oxidation sites excluding steroid dienone is 1. The molecule has 2 aliphatic rings. The SMILES string of the molecule is C/C=C/[C@H]1O[C@H]2C[C@@H](C)OC(=O)[C@H]2[C@@H](O)[C@@H]1O. The van der Waals surface area contributed by atoms with Crippen molar-refractivity contribution in [1.29, 1.82) is 0 Å². The van der Waals surface area contributed by atoms with Crippen LogP contribution in [0.1, 0.15) is 20.3 Å². The van der Waals surface area contributed by atoms with Gasteiger partial charge in [-0.25, -0.2) is 0 Å². The molecule has 0 aliphatic carbocycles. The Morgan fingerprint density at radius 2 is 2.06 bits per heavy atom. The van der Waals surface area contributed by atoms with Crippen LogP contribution in [0.15, 0.2) is 12.2 Å². The minimum absolute atomic E-state index is 0.211. The lowest BCUT2D eigenvalue weighted by atomic mass is 9.82. The van der Waals surface area contributed by atoms with Crippen LogP contribution >= 0.6 is 0 Å². The summed E-state index contributed by atoms with van der Waals surface area (Å²) in [6, 6.07) is 0. The monoisotopic (exact) mass is 242 g/mol. The van der Waals surface area contributed by atoms with Gasteiger partial charge in [0, 0.05) is 6.42 Å². The van der Waals surface area contributed by atoms with Crippen LogP contribution < -0.4 is 0 Å². The number of esters is 1. The van der Waals surface area contributed by atoms with Gasteiger partial charge in [0.2, 0.25) is 0 Å². The molecule has 2 rings (SSSR count). The van der Waals surface area contributed by atoms with Gasteiger partial charge in [-0.2, -0.15) is 0 Å². The first-order valence-corrected chi connectivity index (χ1v) is 5.89. The Labute approximate surface area is 100 Å². The fourth-order valence-electron chi connectivity index (χ4n) is 2.49. The van der Waals surface area contributed by atoms with Gasteiger partial charge in [0.25, 0.3) is 0 Å². The molecule has 6 atom stereocenters. The third-order valence-corrected chi connectivity index (χ3v) is 3.32. The van der Waals surface area contributed by atoms with Gasteiger partial charge in [-0.1, -0.05) is 12.2 Å². The molecule has 5 nitrogen and oxygen atoms in total. The van der Waals surface area contributed by atoms with E-state index in [9.17, 15) is 15.0 Å². The van der Waals surface area contributed by atoms with E-state index in [-0.39, 0.29) is 12.2 Å². The number of carbonyl (C=O) groups excluding carboxylic acids is 1. The first kappa shape index (κ1) is 12.5. The van der Waals surface area contributed by atoms with Gasteiger partial charge in [0.1, 0.15) is 24.2 Å². The first-order chi connectivity index (χ1) is 8.04. The van der Waals surface area contributed by atoms with Crippen molar-refractivity contribution in [2.24, 2.45) is 5.92 Å². The normalized spacial score (nSPS) is 46.7. The Balaban J connectivity index is 2.19. The van der Waals surface area contributed by atoms with Gasteiger partial charge in [0.15, 0.2) is 0 Å². The van der Waals surface area contributed by atoms with Crippen molar-refractivity contribution in [3.8, 4) is 0 Å². The second kappa shape index (κ2) is 4.76. The minimum Gasteiger partial charge on any atom is -0.462 e. The summed E-state index contributed by atoms with van der Waals surface area (Å²) in [5.41, 5.74) is 0. The molecule has 96 valence electrons. The first-order valence-electron chi connectivity index (χ1n) is 5.89. The molecule has 5 heteroatoms. The summed E-state index contributed by atoms with van der Waals surface area (Å²) in [5, 5.41) is 19.8. The van der Waals surface area contributed by atoms with E-state index >= 15 is 0 Å². The summed E-state index contributed by atoms with van der Waals surface area (Å²) in [7, 11) is 0. The minimum atomic E-state index is -1.13. The molecule has 0 spiro atoms. The van der Waals surface area contributed by atoms with Crippen LogP contribution in [0.3, 0.4) is 0 Å². The van der Waals surface area contributed by atoms with Crippen molar-refractivity contribution < 1.29 is 24.5 Å². The van der Waals surface area contributed by atoms with E-state index in [2.05, 4.69) is 0 Å². The second-order valence-electron chi connectivity index (χ2n) is 4.66. The predicted molar refractivity (Wildman–Crippen MR) is 59.1 cm³/mol. The number of ether oxygens (including phenoxy) is 2. The maximum Gasteiger partial charge on any atom is 0.314 e. The lowest BCUT2D eigenvalue weighted by Gasteiger charge is -2.44. The van der Waals surface area contributed by atoms with Gasteiger partial charge >= 0.3 is 5.97 Å². The maximum absolute atomic E-state index is 11.7. The van der Waals surface area contributed by atoms with E-state index in [0.29, 0.717) is 6.42 Å². The molecule has 2 fully saturated rings. The molecule has 0 bridgehead atoms. The van der Waals surface area contributed by atoms with Crippen molar-refractivity contribution in [1.82, 2.24) is 0 Å². The average Bonchev–Trinajstić information content (AvgIpc) is 2.24. The smallest absolute Gasteiger partial charge is 0.314 e. The summed E-state index contributed by atoms with van der Waals surface area (Å²) in [6.45, 7) is 3.60. The van der Waals surface area contributed by atoms with E-state index in [0.717, 1.165) is 0 Å². The highest BCUT2D eigenvalue weighted by Gasteiger charge is 2.50. The van der Waals surface area contributed by atoms with Crippen molar-refractivity contribution in [2.75, 3.05) is 0 Å². The molecule has 0 amide bonds. The molecule has 0 aromatic rings. The van der Waals surface area contributed by atoms with Crippen molar-refractivity contribution in [3.05, 3.63) is 12.2 Å². The van der Waals surface area contributed by atoms with Crippen LogP contribution in [0.5, 0.6) is 0 Å². The molecule has 2 N–H and O–H groups in total. The molecule has 2 saturated heterocycles. The highest BCUT2D eigenvalue weighted by molar-refractivity contribution is 5.75. The van der Waals surface area contributed by atoms with Crippen molar-refractivity contribution in [3.63, 3.8) is 0 Å². The predicted octanol–water partition coefficient (Wildman–Crippen LogP) is 0.00330. The van der Waals surface area contributed by atoms with Crippen LogP contribution in [0.4, 0.5) is 0 Å². The number of rotatable bonds is 1. The Bertz CT molecular complexity index is 327. The molecule has 17 heavy (non-hydrogen) atoms. The van der Waals surface area contributed by atoms with E-state index < -0.39 is 30.2 Å². The molecule has 2 aliphatic heterocycles. The number of hydrogen-bond acceptors (Lipinski definition) is 5. The molecule has 0 radical (unpaired) electrons. The number of aliphatic hydroxyl groups excluding tert-OH is 2. The third kappa shape index (κ3) is 2.22. The topological polar surface area (TPSA) is 76.0 Å².